The van der Waals surface area contributed by atoms with Crippen molar-refractivity contribution in [3.63, 3.8) is 0 Å². The van der Waals surface area contributed by atoms with E-state index in [0.717, 1.165) is 0 Å². The summed E-state index contributed by atoms with van der Waals surface area (Å²) in [6.07, 6.45) is 0.407. The zero-order valence-electron chi connectivity index (χ0n) is 12.7. The fourth-order valence-corrected chi connectivity index (χ4v) is 2.20. The first-order valence-corrected chi connectivity index (χ1v) is 6.95. The molecule has 0 aromatic rings. The largest absolute Gasteiger partial charge is 0.469 e. The predicted molar refractivity (Wildman–Crippen MR) is 73.2 cm³/mol. The summed E-state index contributed by atoms with van der Waals surface area (Å²) in [5.41, 5.74) is -0.533. The number of aliphatic hydroxyl groups is 1. The summed E-state index contributed by atoms with van der Waals surface area (Å²) in [6, 6.07) is 0. The molecular weight excluding hydrogens is 262 g/mol. The van der Waals surface area contributed by atoms with Crippen LogP contribution in [0.15, 0.2) is 0 Å². The number of likely N-dealkylation sites (tertiary alicyclic amines) is 1. The molecule has 1 N–H and O–H groups in total. The number of ether oxygens (including phenoxy) is 2. The molecule has 1 amide bonds. The summed E-state index contributed by atoms with van der Waals surface area (Å²) in [5, 5.41) is 9.96. The second kappa shape index (κ2) is 6.92. The molecule has 0 bridgehead atoms. The highest BCUT2D eigenvalue weighted by atomic mass is 16.6. The smallest absolute Gasteiger partial charge is 0.410 e. The number of methoxy groups -OCH3 is 1. The van der Waals surface area contributed by atoms with Gasteiger partial charge in [0.2, 0.25) is 0 Å². The molecule has 6 nitrogen and oxygen atoms in total. The third-order valence-corrected chi connectivity index (χ3v) is 3.29. The van der Waals surface area contributed by atoms with Crippen LogP contribution in [0.3, 0.4) is 0 Å². The van der Waals surface area contributed by atoms with Crippen molar-refractivity contribution in [3.05, 3.63) is 0 Å². The van der Waals surface area contributed by atoms with E-state index in [4.69, 9.17) is 4.74 Å². The lowest BCUT2D eigenvalue weighted by Crippen LogP contribution is -2.47. The van der Waals surface area contributed by atoms with Gasteiger partial charge in [-0.15, -0.1) is 0 Å². The van der Waals surface area contributed by atoms with Gasteiger partial charge in [0.15, 0.2) is 0 Å². The first kappa shape index (κ1) is 16.8. The Kier molecular flexibility index (Phi) is 5.80. The minimum Gasteiger partial charge on any atom is -0.469 e. The molecule has 1 aliphatic rings. The maximum Gasteiger partial charge on any atom is 0.410 e. The van der Waals surface area contributed by atoms with Crippen molar-refractivity contribution in [1.29, 1.82) is 0 Å². The van der Waals surface area contributed by atoms with Gasteiger partial charge in [-0.1, -0.05) is 0 Å². The highest BCUT2D eigenvalue weighted by molar-refractivity contribution is 5.69. The van der Waals surface area contributed by atoms with Gasteiger partial charge < -0.3 is 19.5 Å². The van der Waals surface area contributed by atoms with Crippen LogP contribution in [-0.2, 0) is 14.3 Å². The Labute approximate surface area is 120 Å². The van der Waals surface area contributed by atoms with Crippen molar-refractivity contribution in [2.45, 2.75) is 51.7 Å². The first-order chi connectivity index (χ1) is 9.23. The highest BCUT2D eigenvalue weighted by Gasteiger charge is 2.32. The predicted octanol–water partition coefficient (Wildman–Crippen LogP) is 1.56. The van der Waals surface area contributed by atoms with Crippen molar-refractivity contribution in [3.8, 4) is 0 Å². The normalized spacial score (nSPS) is 23.4. The van der Waals surface area contributed by atoms with Crippen LogP contribution in [0.1, 0.15) is 40.0 Å². The standard InChI is InChI=1S/C14H25NO5/c1-14(2,3)20-13(18)15-8-7-11(16)10(9-15)5-6-12(17)19-4/h10-11,16H,5-9H2,1-4H3. The van der Waals surface area contributed by atoms with Gasteiger partial charge in [-0.05, 0) is 33.6 Å². The van der Waals surface area contributed by atoms with Gasteiger partial charge in [-0.3, -0.25) is 4.79 Å². The monoisotopic (exact) mass is 287 g/mol. The number of piperidine rings is 1. The van der Waals surface area contributed by atoms with E-state index in [0.29, 0.717) is 25.9 Å². The number of esters is 1. The molecule has 0 radical (unpaired) electrons. The Morgan fingerprint density at radius 2 is 2.00 bits per heavy atom. The molecule has 1 fully saturated rings. The maximum atomic E-state index is 12.0. The van der Waals surface area contributed by atoms with Crippen LogP contribution in [0.25, 0.3) is 0 Å². The number of carbonyl (C=O) groups is 2. The van der Waals surface area contributed by atoms with Crippen LogP contribution in [-0.4, -0.2) is 54.0 Å². The Morgan fingerprint density at radius 3 is 2.55 bits per heavy atom. The van der Waals surface area contributed by atoms with E-state index in [1.54, 1.807) is 4.90 Å². The van der Waals surface area contributed by atoms with E-state index in [2.05, 4.69) is 4.74 Å². The summed E-state index contributed by atoms with van der Waals surface area (Å²) >= 11 is 0. The molecule has 2 atom stereocenters. The summed E-state index contributed by atoms with van der Waals surface area (Å²) in [7, 11) is 1.34. The maximum absolute atomic E-state index is 12.0. The number of rotatable bonds is 3. The van der Waals surface area contributed by atoms with Crippen LogP contribution in [0.2, 0.25) is 0 Å². The molecule has 0 aromatic carbocycles. The van der Waals surface area contributed by atoms with Gasteiger partial charge in [0, 0.05) is 25.4 Å². The Balaban J connectivity index is 2.52. The molecule has 0 aromatic heterocycles. The molecule has 0 saturated carbocycles. The highest BCUT2D eigenvalue weighted by Crippen LogP contribution is 2.23. The van der Waals surface area contributed by atoms with E-state index in [1.807, 2.05) is 20.8 Å². The van der Waals surface area contributed by atoms with Gasteiger partial charge in [0.25, 0.3) is 0 Å². The number of amides is 1. The average Bonchev–Trinajstić information content (AvgIpc) is 2.35. The molecule has 1 heterocycles. The zero-order chi connectivity index (χ0) is 15.3. The van der Waals surface area contributed by atoms with Crippen LogP contribution >= 0.6 is 0 Å². The van der Waals surface area contributed by atoms with Crippen molar-refractivity contribution in [2.75, 3.05) is 20.2 Å². The molecule has 1 aliphatic heterocycles. The second-order valence-corrected chi connectivity index (χ2v) is 6.16. The van der Waals surface area contributed by atoms with Crippen molar-refractivity contribution in [2.24, 2.45) is 5.92 Å². The first-order valence-electron chi connectivity index (χ1n) is 6.95. The molecule has 2 unspecified atom stereocenters. The molecule has 20 heavy (non-hydrogen) atoms. The Hall–Kier alpha value is -1.30. The van der Waals surface area contributed by atoms with E-state index in [1.165, 1.54) is 7.11 Å². The summed E-state index contributed by atoms with van der Waals surface area (Å²) in [6.45, 7) is 6.34. The topological polar surface area (TPSA) is 76.1 Å². The van der Waals surface area contributed by atoms with Crippen LogP contribution < -0.4 is 0 Å². The quantitative estimate of drug-likeness (QED) is 0.797. The van der Waals surface area contributed by atoms with Crippen LogP contribution in [0.4, 0.5) is 4.79 Å². The average molecular weight is 287 g/mol. The van der Waals surface area contributed by atoms with Gasteiger partial charge in [0.1, 0.15) is 5.60 Å². The molecule has 1 rings (SSSR count). The lowest BCUT2D eigenvalue weighted by molar-refractivity contribution is -0.141. The third kappa shape index (κ3) is 5.36. The SMILES string of the molecule is COC(=O)CCC1CN(C(=O)OC(C)(C)C)CCC1O. The number of aliphatic hydroxyl groups excluding tert-OH is 1. The number of carbonyl (C=O) groups excluding carboxylic acids is 2. The van der Waals surface area contributed by atoms with Crippen LogP contribution in [0.5, 0.6) is 0 Å². The number of hydrogen-bond acceptors (Lipinski definition) is 5. The summed E-state index contributed by atoms with van der Waals surface area (Å²) in [4.78, 5) is 24.7. The van der Waals surface area contributed by atoms with E-state index in [9.17, 15) is 14.7 Å². The lowest BCUT2D eigenvalue weighted by Gasteiger charge is -2.36. The van der Waals surface area contributed by atoms with E-state index in [-0.39, 0.29) is 24.4 Å². The van der Waals surface area contributed by atoms with Gasteiger partial charge >= 0.3 is 12.1 Å². The molecule has 6 heteroatoms. The third-order valence-electron chi connectivity index (χ3n) is 3.29. The lowest BCUT2D eigenvalue weighted by atomic mass is 9.91. The molecule has 0 spiro atoms. The van der Waals surface area contributed by atoms with Crippen molar-refractivity contribution < 1.29 is 24.2 Å². The van der Waals surface area contributed by atoms with Gasteiger partial charge in [-0.25, -0.2) is 4.79 Å². The summed E-state index contributed by atoms with van der Waals surface area (Å²) < 4.78 is 9.91. The zero-order valence-corrected chi connectivity index (χ0v) is 12.7. The minimum absolute atomic E-state index is 0.115. The van der Waals surface area contributed by atoms with Crippen molar-refractivity contribution in [1.82, 2.24) is 4.90 Å². The number of hydrogen-bond donors (Lipinski definition) is 1. The fourth-order valence-electron chi connectivity index (χ4n) is 2.20. The molecular formula is C14H25NO5. The molecule has 116 valence electrons. The van der Waals surface area contributed by atoms with E-state index >= 15 is 0 Å². The van der Waals surface area contributed by atoms with Gasteiger partial charge in [-0.2, -0.15) is 0 Å². The van der Waals surface area contributed by atoms with Crippen molar-refractivity contribution >= 4 is 12.1 Å². The molecule has 0 aliphatic carbocycles. The number of nitrogens with zero attached hydrogens (tertiary/aromatic N) is 1. The van der Waals surface area contributed by atoms with E-state index < -0.39 is 11.7 Å². The van der Waals surface area contributed by atoms with Crippen LogP contribution in [0, 0.1) is 5.92 Å². The Bertz CT molecular complexity index is 350. The van der Waals surface area contributed by atoms with Gasteiger partial charge in [0.05, 0.1) is 13.2 Å². The minimum atomic E-state index is -0.533. The Morgan fingerprint density at radius 1 is 1.35 bits per heavy atom. The second-order valence-electron chi connectivity index (χ2n) is 6.16. The molecule has 1 saturated heterocycles. The fraction of sp³-hybridized carbons (Fsp3) is 0.857. The summed E-state index contributed by atoms with van der Waals surface area (Å²) in [5.74, 6) is -0.415.